The van der Waals surface area contributed by atoms with Gasteiger partial charge in [0.25, 0.3) is 0 Å². The predicted octanol–water partition coefficient (Wildman–Crippen LogP) is 1.16. The van der Waals surface area contributed by atoms with Crippen molar-refractivity contribution in [3.63, 3.8) is 0 Å². The molecule has 2 heteroatoms. The third-order valence-corrected chi connectivity index (χ3v) is 1.34. The fourth-order valence-corrected chi connectivity index (χ4v) is 0.779. The Balaban J connectivity index is 2.17. The summed E-state index contributed by atoms with van der Waals surface area (Å²) in [4.78, 5) is 0. The molecule has 1 aliphatic heterocycles. The van der Waals surface area contributed by atoms with Crippen LogP contribution in [-0.2, 0) is 9.47 Å². The zero-order valence-electron chi connectivity index (χ0n) is 5.22. The van der Waals surface area contributed by atoms with Crippen molar-refractivity contribution in [3.8, 4) is 0 Å². The van der Waals surface area contributed by atoms with Crippen molar-refractivity contribution in [3.05, 3.63) is 0 Å². The molecule has 1 saturated heterocycles. The van der Waals surface area contributed by atoms with E-state index in [1.54, 1.807) is 0 Å². The molecule has 0 aliphatic carbocycles. The first-order valence-corrected chi connectivity index (χ1v) is 3.09. The highest BCUT2D eigenvalue weighted by Gasteiger charge is 2.04. The van der Waals surface area contributed by atoms with Crippen LogP contribution in [0.4, 0.5) is 0 Å². The van der Waals surface area contributed by atoms with Crippen molar-refractivity contribution in [1.29, 1.82) is 0 Å². The van der Waals surface area contributed by atoms with Crippen molar-refractivity contribution in [2.24, 2.45) is 0 Å². The molecule has 48 valence electrons. The van der Waals surface area contributed by atoms with Crippen LogP contribution >= 0.6 is 0 Å². The molecule has 0 radical (unpaired) electrons. The summed E-state index contributed by atoms with van der Waals surface area (Å²) in [5.74, 6) is 0. The molecule has 1 aliphatic rings. The highest BCUT2D eigenvalue weighted by molar-refractivity contribution is 4.50. The minimum Gasteiger partial charge on any atom is -0.355 e. The molecule has 1 atom stereocenters. The minimum atomic E-state index is 0.400. The van der Waals surface area contributed by atoms with Gasteiger partial charge in [0.15, 0.2) is 0 Å². The van der Waals surface area contributed by atoms with Gasteiger partial charge in [-0.1, -0.05) is 0 Å². The second kappa shape index (κ2) is 3.05. The number of ether oxygens (including phenoxy) is 2. The third-order valence-electron chi connectivity index (χ3n) is 1.34. The minimum absolute atomic E-state index is 0.400. The zero-order chi connectivity index (χ0) is 5.82. The maximum atomic E-state index is 5.18. The Morgan fingerprint density at radius 1 is 1.50 bits per heavy atom. The maximum Gasteiger partial charge on any atom is 0.147 e. The van der Waals surface area contributed by atoms with Crippen LogP contribution < -0.4 is 0 Å². The summed E-state index contributed by atoms with van der Waals surface area (Å²) in [5, 5.41) is 0. The molecular formula is C6H12O2. The molecule has 0 spiro atoms. The molecule has 1 heterocycles. The molecule has 0 amide bonds. The second-order valence-corrected chi connectivity index (χ2v) is 2.15. The molecule has 0 aromatic heterocycles. The molecule has 1 fully saturated rings. The molecule has 0 aromatic carbocycles. The molecular weight excluding hydrogens is 104 g/mol. The van der Waals surface area contributed by atoms with E-state index < -0.39 is 0 Å². The Morgan fingerprint density at radius 3 is 3.25 bits per heavy atom. The van der Waals surface area contributed by atoms with Gasteiger partial charge in [-0.25, -0.2) is 0 Å². The van der Waals surface area contributed by atoms with Crippen molar-refractivity contribution in [2.75, 3.05) is 13.4 Å². The Bertz CT molecular complexity index is 55.5. The SMILES string of the molecule is C[C@H]1CCCOCO1. The average molecular weight is 116 g/mol. The first-order chi connectivity index (χ1) is 3.89. The van der Waals surface area contributed by atoms with Crippen molar-refractivity contribution in [2.45, 2.75) is 25.9 Å². The van der Waals surface area contributed by atoms with Crippen LogP contribution in [0.3, 0.4) is 0 Å². The van der Waals surface area contributed by atoms with Gasteiger partial charge >= 0.3 is 0 Å². The van der Waals surface area contributed by atoms with E-state index in [9.17, 15) is 0 Å². The number of rotatable bonds is 0. The topological polar surface area (TPSA) is 18.5 Å². The Kier molecular flexibility index (Phi) is 2.30. The summed E-state index contributed by atoms with van der Waals surface area (Å²) >= 11 is 0. The van der Waals surface area contributed by atoms with Crippen LogP contribution in [0, 0.1) is 0 Å². The fourth-order valence-electron chi connectivity index (χ4n) is 0.779. The van der Waals surface area contributed by atoms with Gasteiger partial charge in [-0.15, -0.1) is 0 Å². The lowest BCUT2D eigenvalue weighted by molar-refractivity contribution is -0.0612. The van der Waals surface area contributed by atoms with Crippen LogP contribution in [0.25, 0.3) is 0 Å². The monoisotopic (exact) mass is 116 g/mol. The lowest BCUT2D eigenvalue weighted by Gasteiger charge is -2.04. The van der Waals surface area contributed by atoms with E-state index in [0.717, 1.165) is 19.4 Å². The van der Waals surface area contributed by atoms with Crippen LogP contribution in [0.15, 0.2) is 0 Å². The summed E-state index contributed by atoms with van der Waals surface area (Å²) in [5.41, 5.74) is 0. The second-order valence-electron chi connectivity index (χ2n) is 2.15. The fraction of sp³-hybridized carbons (Fsp3) is 1.00. The van der Waals surface area contributed by atoms with Gasteiger partial charge < -0.3 is 9.47 Å². The molecule has 0 saturated carbocycles. The van der Waals surface area contributed by atoms with Gasteiger partial charge in [0.2, 0.25) is 0 Å². The third kappa shape index (κ3) is 1.80. The smallest absolute Gasteiger partial charge is 0.147 e. The predicted molar refractivity (Wildman–Crippen MR) is 30.6 cm³/mol. The van der Waals surface area contributed by atoms with Gasteiger partial charge in [-0.05, 0) is 19.8 Å². The van der Waals surface area contributed by atoms with E-state index in [0.29, 0.717) is 12.9 Å². The highest BCUT2D eigenvalue weighted by atomic mass is 16.7. The first-order valence-electron chi connectivity index (χ1n) is 3.09. The first kappa shape index (κ1) is 6.05. The quantitative estimate of drug-likeness (QED) is 0.473. The van der Waals surface area contributed by atoms with Gasteiger partial charge in [-0.2, -0.15) is 0 Å². The summed E-state index contributed by atoms with van der Waals surface area (Å²) in [6.07, 6.45) is 2.68. The normalized spacial score (nSPS) is 31.9. The Labute approximate surface area is 49.8 Å². The molecule has 0 N–H and O–H groups in total. The Hall–Kier alpha value is -0.0800. The zero-order valence-corrected chi connectivity index (χ0v) is 5.22. The molecule has 0 unspecified atom stereocenters. The Morgan fingerprint density at radius 2 is 2.38 bits per heavy atom. The van der Waals surface area contributed by atoms with Crippen LogP contribution in [-0.4, -0.2) is 19.5 Å². The van der Waals surface area contributed by atoms with E-state index in [-0.39, 0.29) is 0 Å². The molecule has 0 bridgehead atoms. The molecule has 1 rings (SSSR count). The van der Waals surface area contributed by atoms with Crippen molar-refractivity contribution in [1.82, 2.24) is 0 Å². The molecule has 8 heavy (non-hydrogen) atoms. The van der Waals surface area contributed by atoms with E-state index in [2.05, 4.69) is 6.92 Å². The van der Waals surface area contributed by atoms with Crippen molar-refractivity contribution < 1.29 is 9.47 Å². The van der Waals surface area contributed by atoms with Gasteiger partial charge in [0.05, 0.1) is 6.10 Å². The lowest BCUT2D eigenvalue weighted by Crippen LogP contribution is -2.05. The van der Waals surface area contributed by atoms with Crippen LogP contribution in [0.2, 0.25) is 0 Å². The maximum absolute atomic E-state index is 5.18. The van der Waals surface area contributed by atoms with Crippen molar-refractivity contribution >= 4 is 0 Å². The van der Waals surface area contributed by atoms with E-state index in [4.69, 9.17) is 9.47 Å². The largest absolute Gasteiger partial charge is 0.355 e. The summed E-state index contributed by atoms with van der Waals surface area (Å²) < 4.78 is 10.2. The lowest BCUT2D eigenvalue weighted by atomic mass is 10.2. The molecule has 0 aromatic rings. The standard InChI is InChI=1S/C6H12O2/c1-6-3-2-4-7-5-8-6/h6H,2-5H2,1H3/t6-/m0/s1. The van der Waals surface area contributed by atoms with E-state index in [1.165, 1.54) is 0 Å². The van der Waals surface area contributed by atoms with E-state index in [1.807, 2.05) is 0 Å². The van der Waals surface area contributed by atoms with Gasteiger partial charge in [0, 0.05) is 6.61 Å². The van der Waals surface area contributed by atoms with E-state index >= 15 is 0 Å². The number of hydrogen-bond donors (Lipinski definition) is 0. The van der Waals surface area contributed by atoms with Crippen LogP contribution in [0.5, 0.6) is 0 Å². The molecule has 2 nitrogen and oxygen atoms in total. The van der Waals surface area contributed by atoms with Gasteiger partial charge in [-0.3, -0.25) is 0 Å². The van der Waals surface area contributed by atoms with Crippen LogP contribution in [0.1, 0.15) is 19.8 Å². The number of hydrogen-bond acceptors (Lipinski definition) is 2. The summed E-state index contributed by atoms with van der Waals surface area (Å²) in [6.45, 7) is 3.43. The summed E-state index contributed by atoms with van der Waals surface area (Å²) in [6, 6.07) is 0. The van der Waals surface area contributed by atoms with Gasteiger partial charge in [0.1, 0.15) is 6.79 Å². The summed E-state index contributed by atoms with van der Waals surface area (Å²) in [7, 11) is 0. The average Bonchev–Trinajstić information content (AvgIpc) is 1.94. The highest BCUT2D eigenvalue weighted by Crippen LogP contribution is 2.05.